The Morgan fingerprint density at radius 3 is 2.91 bits per heavy atom. The lowest BCUT2D eigenvalue weighted by Crippen LogP contribution is -2.01. The van der Waals surface area contributed by atoms with Crippen molar-refractivity contribution < 1.29 is 14.6 Å². The van der Waals surface area contributed by atoms with Crippen molar-refractivity contribution in [2.45, 2.75) is 26.2 Å². The average Bonchev–Trinajstić information content (AvgIpc) is 3.02. The van der Waals surface area contributed by atoms with E-state index in [4.69, 9.17) is 9.84 Å². The van der Waals surface area contributed by atoms with Crippen molar-refractivity contribution in [1.82, 2.24) is 9.78 Å². The van der Waals surface area contributed by atoms with Gasteiger partial charge >= 0.3 is 5.97 Å². The van der Waals surface area contributed by atoms with Crippen LogP contribution in [0.5, 0.6) is 5.75 Å². The number of carbonyl (C=O) groups is 1. The number of aromatic nitrogens is 2. The van der Waals surface area contributed by atoms with E-state index in [1.807, 2.05) is 0 Å². The topological polar surface area (TPSA) is 88.1 Å². The molecule has 2 rings (SSSR count). The molecule has 0 unspecified atom stereocenters. The number of aromatic carboxylic acids is 1. The van der Waals surface area contributed by atoms with E-state index in [-0.39, 0.29) is 5.56 Å². The lowest BCUT2D eigenvalue weighted by atomic mass is 10.2. The summed E-state index contributed by atoms with van der Waals surface area (Å²) < 4.78 is 7.04. The summed E-state index contributed by atoms with van der Waals surface area (Å²) in [6.45, 7) is 2.69. The van der Waals surface area contributed by atoms with Crippen LogP contribution in [0.3, 0.4) is 0 Å². The number of hydrogen-bond acceptors (Lipinski definition) is 4. The number of unbranched alkanes of at least 4 members (excludes halogenated alkanes) is 2. The fraction of sp³-hybridized carbons (Fsp3) is 0.312. The zero-order valence-electron chi connectivity index (χ0n) is 12.3. The van der Waals surface area contributed by atoms with E-state index in [1.165, 1.54) is 17.1 Å². The van der Waals surface area contributed by atoms with E-state index in [0.29, 0.717) is 23.6 Å². The van der Waals surface area contributed by atoms with E-state index < -0.39 is 5.97 Å². The maximum absolute atomic E-state index is 10.9. The molecule has 0 saturated heterocycles. The van der Waals surface area contributed by atoms with Gasteiger partial charge in [0.25, 0.3) is 0 Å². The molecular weight excluding hydrogens is 282 g/mol. The van der Waals surface area contributed by atoms with Gasteiger partial charge < -0.3 is 9.84 Å². The third-order valence-electron chi connectivity index (χ3n) is 3.18. The van der Waals surface area contributed by atoms with E-state index in [2.05, 4.69) is 18.1 Å². The summed E-state index contributed by atoms with van der Waals surface area (Å²) in [5.74, 6) is -0.504. The Hall–Kier alpha value is -2.81. The van der Waals surface area contributed by atoms with Gasteiger partial charge in [0.15, 0.2) is 0 Å². The lowest BCUT2D eigenvalue weighted by Gasteiger charge is -2.09. The molecule has 0 aliphatic heterocycles. The van der Waals surface area contributed by atoms with Crippen LogP contribution in [0.15, 0.2) is 30.6 Å². The second-order valence-corrected chi connectivity index (χ2v) is 4.83. The van der Waals surface area contributed by atoms with Crippen LogP contribution in [0.25, 0.3) is 5.69 Å². The van der Waals surface area contributed by atoms with Gasteiger partial charge in [0.1, 0.15) is 11.8 Å². The number of carboxylic acid groups (broad SMARTS) is 1. The molecular formula is C16H17N3O3. The van der Waals surface area contributed by atoms with Gasteiger partial charge in [0.2, 0.25) is 0 Å². The number of nitriles is 1. The smallest absolute Gasteiger partial charge is 0.338 e. The molecule has 1 aromatic heterocycles. The number of ether oxygens (including phenoxy) is 1. The number of carboxylic acids is 1. The molecule has 0 atom stereocenters. The summed E-state index contributed by atoms with van der Waals surface area (Å²) in [6, 6.07) is 7.18. The highest BCUT2D eigenvalue weighted by Gasteiger charge is 2.10. The number of benzene rings is 1. The number of nitrogens with zero attached hydrogens (tertiary/aromatic N) is 3. The molecule has 1 N–H and O–H groups in total. The predicted molar refractivity (Wildman–Crippen MR) is 80.3 cm³/mol. The van der Waals surface area contributed by atoms with Crippen LogP contribution in [0, 0.1) is 11.3 Å². The van der Waals surface area contributed by atoms with Crippen LogP contribution in [-0.2, 0) is 0 Å². The van der Waals surface area contributed by atoms with Crippen LogP contribution in [-0.4, -0.2) is 27.5 Å². The van der Waals surface area contributed by atoms with Gasteiger partial charge in [-0.25, -0.2) is 9.48 Å². The Morgan fingerprint density at radius 2 is 2.27 bits per heavy atom. The molecule has 0 spiro atoms. The summed E-state index contributed by atoms with van der Waals surface area (Å²) in [5.41, 5.74) is 1.12. The molecule has 22 heavy (non-hydrogen) atoms. The molecule has 0 bridgehead atoms. The van der Waals surface area contributed by atoms with Crippen LogP contribution in [0.4, 0.5) is 0 Å². The van der Waals surface area contributed by atoms with Crippen LogP contribution in [0.1, 0.15) is 42.1 Å². The Balaban J connectivity index is 2.17. The van der Waals surface area contributed by atoms with Crippen molar-refractivity contribution in [2.24, 2.45) is 0 Å². The van der Waals surface area contributed by atoms with E-state index in [1.54, 1.807) is 18.2 Å². The maximum atomic E-state index is 10.9. The molecule has 0 aliphatic carbocycles. The summed E-state index contributed by atoms with van der Waals surface area (Å²) in [7, 11) is 0. The van der Waals surface area contributed by atoms with Gasteiger partial charge in [0.05, 0.1) is 29.6 Å². The van der Waals surface area contributed by atoms with E-state index in [9.17, 15) is 10.1 Å². The lowest BCUT2D eigenvalue weighted by molar-refractivity contribution is 0.0697. The summed E-state index contributed by atoms with van der Waals surface area (Å²) in [4.78, 5) is 10.9. The first kappa shape index (κ1) is 15.6. The quantitative estimate of drug-likeness (QED) is 0.794. The largest absolute Gasteiger partial charge is 0.492 e. The van der Waals surface area contributed by atoms with Gasteiger partial charge in [-0.2, -0.15) is 10.4 Å². The maximum Gasteiger partial charge on any atom is 0.338 e. The molecule has 6 heteroatoms. The van der Waals surface area contributed by atoms with Gasteiger partial charge in [-0.15, -0.1) is 0 Å². The highest BCUT2D eigenvalue weighted by molar-refractivity contribution is 5.87. The monoisotopic (exact) mass is 299 g/mol. The SMILES string of the molecule is CCCCCOc1ccc(-n2cc(C(=O)O)cn2)cc1C#N. The Bertz CT molecular complexity index is 701. The molecule has 0 radical (unpaired) electrons. The second kappa shape index (κ2) is 7.27. The van der Waals surface area contributed by atoms with Gasteiger partial charge in [0, 0.05) is 6.20 Å². The third kappa shape index (κ3) is 3.64. The van der Waals surface area contributed by atoms with Crippen molar-refractivity contribution >= 4 is 5.97 Å². The minimum atomic E-state index is -1.04. The fourth-order valence-corrected chi connectivity index (χ4v) is 1.98. The first-order valence-electron chi connectivity index (χ1n) is 7.11. The third-order valence-corrected chi connectivity index (χ3v) is 3.18. The standard InChI is InChI=1S/C16H17N3O3/c1-2-3-4-7-22-15-6-5-14(8-12(15)9-17)19-11-13(10-18-19)16(20)21/h5-6,8,10-11H,2-4,7H2,1H3,(H,20,21). The molecule has 1 aromatic carbocycles. The number of rotatable bonds is 7. The van der Waals surface area contributed by atoms with Crippen molar-refractivity contribution in [3.05, 3.63) is 41.7 Å². The van der Waals surface area contributed by atoms with Crippen LogP contribution >= 0.6 is 0 Å². The van der Waals surface area contributed by atoms with Crippen LogP contribution < -0.4 is 4.74 Å². The molecule has 6 nitrogen and oxygen atoms in total. The highest BCUT2D eigenvalue weighted by atomic mass is 16.5. The molecule has 0 amide bonds. The van der Waals surface area contributed by atoms with Gasteiger partial charge in [-0.05, 0) is 24.6 Å². The van der Waals surface area contributed by atoms with Crippen molar-refractivity contribution in [3.8, 4) is 17.5 Å². The normalized spacial score (nSPS) is 10.2. The predicted octanol–water partition coefficient (Wildman–Crippen LogP) is 3.01. The van der Waals surface area contributed by atoms with Gasteiger partial charge in [-0.1, -0.05) is 19.8 Å². The van der Waals surface area contributed by atoms with E-state index >= 15 is 0 Å². The minimum absolute atomic E-state index is 0.0957. The Labute approximate surface area is 128 Å². The second-order valence-electron chi connectivity index (χ2n) is 4.83. The fourth-order valence-electron chi connectivity index (χ4n) is 1.98. The Morgan fingerprint density at radius 1 is 1.45 bits per heavy atom. The zero-order valence-corrected chi connectivity index (χ0v) is 12.3. The molecule has 0 aliphatic rings. The van der Waals surface area contributed by atoms with Crippen molar-refractivity contribution in [1.29, 1.82) is 5.26 Å². The Kier molecular flexibility index (Phi) is 5.15. The average molecular weight is 299 g/mol. The van der Waals surface area contributed by atoms with Crippen LogP contribution in [0.2, 0.25) is 0 Å². The molecule has 114 valence electrons. The summed E-state index contributed by atoms with van der Waals surface area (Å²) in [5, 5.41) is 22.1. The number of hydrogen-bond donors (Lipinski definition) is 1. The highest BCUT2D eigenvalue weighted by Crippen LogP contribution is 2.22. The summed E-state index contributed by atoms with van der Waals surface area (Å²) >= 11 is 0. The first-order chi connectivity index (χ1) is 10.7. The summed E-state index contributed by atoms with van der Waals surface area (Å²) in [6.07, 6.45) is 5.82. The molecule has 0 fully saturated rings. The van der Waals surface area contributed by atoms with Crippen molar-refractivity contribution in [3.63, 3.8) is 0 Å². The molecule has 1 heterocycles. The first-order valence-corrected chi connectivity index (χ1v) is 7.11. The van der Waals surface area contributed by atoms with Gasteiger partial charge in [-0.3, -0.25) is 0 Å². The minimum Gasteiger partial charge on any atom is -0.492 e. The molecule has 2 aromatic rings. The molecule has 0 saturated carbocycles. The van der Waals surface area contributed by atoms with E-state index in [0.717, 1.165) is 19.3 Å². The van der Waals surface area contributed by atoms with Crippen molar-refractivity contribution in [2.75, 3.05) is 6.61 Å². The zero-order chi connectivity index (χ0) is 15.9.